The minimum Gasteiger partial charge on any atom is -0.294 e. The van der Waals surface area contributed by atoms with Gasteiger partial charge in [-0.05, 0) is 20.8 Å². The maximum atomic E-state index is 10.4. The average molecular weight is 153 g/mol. The lowest BCUT2D eigenvalue weighted by Crippen LogP contribution is -2.25. The second-order valence-electron chi connectivity index (χ2n) is 3.32. The topological polar surface area (TPSA) is 47.8 Å². The van der Waals surface area contributed by atoms with E-state index in [9.17, 15) is 4.79 Å². The molecule has 0 aliphatic heterocycles. The third-order valence-corrected chi connectivity index (χ3v) is 1.31. The van der Waals surface area contributed by atoms with Crippen molar-refractivity contribution in [3.63, 3.8) is 0 Å². The predicted octanol–water partition coefficient (Wildman–Crippen LogP) is 0.846. The van der Waals surface area contributed by atoms with Crippen molar-refractivity contribution in [2.24, 2.45) is 0 Å². The first-order valence-corrected chi connectivity index (χ1v) is 3.41. The summed E-state index contributed by atoms with van der Waals surface area (Å²) in [5.41, 5.74) is -0.174. The number of carbonyl (C=O) groups is 1. The zero-order valence-corrected chi connectivity index (χ0v) is 6.90. The van der Waals surface area contributed by atoms with Gasteiger partial charge in [0.15, 0.2) is 12.1 Å². The summed E-state index contributed by atoms with van der Waals surface area (Å²) in [5.74, 6) is 0.373. The third-order valence-electron chi connectivity index (χ3n) is 1.31. The van der Waals surface area contributed by atoms with Gasteiger partial charge >= 0.3 is 0 Å². The lowest BCUT2D eigenvalue weighted by molar-refractivity contribution is 0.110. The Balaban J connectivity index is 3.12. The van der Waals surface area contributed by atoms with Crippen molar-refractivity contribution in [3.05, 3.63) is 12.2 Å². The molecular formula is C7H11N3O. The van der Waals surface area contributed by atoms with Crippen LogP contribution in [0.4, 0.5) is 0 Å². The Bertz CT molecular complexity index is 259. The van der Waals surface area contributed by atoms with Gasteiger partial charge in [0.2, 0.25) is 0 Å². The summed E-state index contributed by atoms with van der Waals surface area (Å²) >= 11 is 0. The standard InChI is InChI=1S/C7H11N3O/c1-7(2,3)10-6(4-11)8-5-9-10/h4-5H,1-3H3. The first-order valence-electron chi connectivity index (χ1n) is 3.41. The molecule has 0 amide bonds. The lowest BCUT2D eigenvalue weighted by Gasteiger charge is -2.19. The van der Waals surface area contributed by atoms with E-state index in [0.717, 1.165) is 0 Å². The highest BCUT2D eigenvalue weighted by Crippen LogP contribution is 2.12. The molecule has 0 saturated heterocycles. The fourth-order valence-electron chi connectivity index (χ4n) is 0.848. The molecule has 60 valence electrons. The summed E-state index contributed by atoms with van der Waals surface area (Å²) in [5, 5.41) is 3.93. The smallest absolute Gasteiger partial charge is 0.191 e. The largest absolute Gasteiger partial charge is 0.294 e. The number of aldehydes is 1. The Morgan fingerprint density at radius 1 is 1.55 bits per heavy atom. The molecule has 0 N–H and O–H groups in total. The fourth-order valence-corrected chi connectivity index (χ4v) is 0.848. The molecule has 0 unspecified atom stereocenters. The maximum Gasteiger partial charge on any atom is 0.191 e. The van der Waals surface area contributed by atoms with Gasteiger partial charge in [-0.25, -0.2) is 9.67 Å². The van der Waals surface area contributed by atoms with Gasteiger partial charge in [-0.15, -0.1) is 0 Å². The zero-order chi connectivity index (χ0) is 8.48. The first kappa shape index (κ1) is 7.91. The van der Waals surface area contributed by atoms with Crippen molar-refractivity contribution in [3.8, 4) is 0 Å². The second-order valence-corrected chi connectivity index (χ2v) is 3.32. The monoisotopic (exact) mass is 153 g/mol. The minimum absolute atomic E-state index is 0.174. The van der Waals surface area contributed by atoms with Crippen molar-refractivity contribution in [2.45, 2.75) is 26.3 Å². The lowest BCUT2D eigenvalue weighted by atomic mass is 10.1. The molecule has 0 saturated carbocycles. The second kappa shape index (κ2) is 2.45. The number of carbonyl (C=O) groups excluding carboxylic acids is 1. The van der Waals surface area contributed by atoms with E-state index in [1.165, 1.54) is 6.33 Å². The number of hydrogen-bond acceptors (Lipinski definition) is 3. The molecule has 0 radical (unpaired) electrons. The molecule has 0 aliphatic rings. The molecule has 0 bridgehead atoms. The molecule has 4 heteroatoms. The normalized spacial score (nSPS) is 11.5. The van der Waals surface area contributed by atoms with Gasteiger partial charge in [0.25, 0.3) is 0 Å². The van der Waals surface area contributed by atoms with Crippen LogP contribution in [0.2, 0.25) is 0 Å². The highest BCUT2D eigenvalue weighted by atomic mass is 16.1. The Kier molecular flexibility index (Phi) is 1.76. The van der Waals surface area contributed by atoms with Gasteiger partial charge in [0.05, 0.1) is 5.54 Å². The predicted molar refractivity (Wildman–Crippen MR) is 40.4 cm³/mol. The Labute approximate surface area is 65.2 Å². The van der Waals surface area contributed by atoms with Crippen LogP contribution in [-0.2, 0) is 5.54 Å². The molecule has 0 spiro atoms. The van der Waals surface area contributed by atoms with Crippen LogP contribution in [0.15, 0.2) is 6.33 Å². The van der Waals surface area contributed by atoms with Crippen molar-refractivity contribution in [1.82, 2.24) is 14.8 Å². The molecule has 1 heterocycles. The van der Waals surface area contributed by atoms with Gasteiger partial charge in [-0.2, -0.15) is 5.10 Å². The SMILES string of the molecule is CC(C)(C)n1ncnc1C=O. The molecule has 1 rings (SSSR count). The van der Waals surface area contributed by atoms with Gasteiger partial charge in [0, 0.05) is 0 Å². The Morgan fingerprint density at radius 3 is 2.55 bits per heavy atom. The first-order chi connectivity index (χ1) is 5.05. The minimum atomic E-state index is -0.174. The molecule has 1 aromatic heterocycles. The van der Waals surface area contributed by atoms with Crippen molar-refractivity contribution in [1.29, 1.82) is 0 Å². The Morgan fingerprint density at radius 2 is 2.18 bits per heavy atom. The van der Waals surface area contributed by atoms with Crippen LogP contribution in [0.3, 0.4) is 0 Å². The number of nitrogens with zero attached hydrogens (tertiary/aromatic N) is 3. The highest BCUT2D eigenvalue weighted by molar-refractivity contribution is 5.68. The summed E-state index contributed by atoms with van der Waals surface area (Å²) in [6, 6.07) is 0. The number of rotatable bonds is 1. The third kappa shape index (κ3) is 1.45. The van der Waals surface area contributed by atoms with Crippen LogP contribution >= 0.6 is 0 Å². The van der Waals surface area contributed by atoms with E-state index >= 15 is 0 Å². The van der Waals surface area contributed by atoms with E-state index in [1.54, 1.807) is 4.68 Å². The van der Waals surface area contributed by atoms with Crippen LogP contribution < -0.4 is 0 Å². The number of aromatic nitrogens is 3. The van der Waals surface area contributed by atoms with Crippen molar-refractivity contribution in [2.75, 3.05) is 0 Å². The van der Waals surface area contributed by atoms with Gasteiger partial charge in [0.1, 0.15) is 6.33 Å². The van der Waals surface area contributed by atoms with E-state index in [2.05, 4.69) is 10.1 Å². The van der Waals surface area contributed by atoms with Crippen molar-refractivity contribution < 1.29 is 4.79 Å². The molecular weight excluding hydrogens is 142 g/mol. The molecule has 1 aromatic rings. The summed E-state index contributed by atoms with van der Waals surface area (Å²) in [7, 11) is 0. The molecule has 0 fully saturated rings. The van der Waals surface area contributed by atoms with E-state index in [-0.39, 0.29) is 5.54 Å². The summed E-state index contributed by atoms with van der Waals surface area (Å²) < 4.78 is 1.60. The molecule has 0 aromatic carbocycles. The van der Waals surface area contributed by atoms with E-state index in [4.69, 9.17) is 0 Å². The zero-order valence-electron chi connectivity index (χ0n) is 6.90. The van der Waals surface area contributed by atoms with Crippen LogP contribution in [0.25, 0.3) is 0 Å². The number of hydrogen-bond donors (Lipinski definition) is 0. The fraction of sp³-hybridized carbons (Fsp3) is 0.571. The molecule has 0 aliphatic carbocycles. The molecule has 4 nitrogen and oxygen atoms in total. The van der Waals surface area contributed by atoms with Gasteiger partial charge in [-0.1, -0.05) is 0 Å². The summed E-state index contributed by atoms with van der Waals surface area (Å²) in [6.07, 6.45) is 2.09. The summed E-state index contributed by atoms with van der Waals surface area (Å²) in [4.78, 5) is 14.2. The summed E-state index contributed by atoms with van der Waals surface area (Å²) in [6.45, 7) is 5.90. The van der Waals surface area contributed by atoms with Crippen LogP contribution in [0.1, 0.15) is 31.4 Å². The van der Waals surface area contributed by atoms with E-state index < -0.39 is 0 Å². The van der Waals surface area contributed by atoms with E-state index in [0.29, 0.717) is 12.1 Å². The molecule has 0 atom stereocenters. The van der Waals surface area contributed by atoms with Gasteiger partial charge < -0.3 is 0 Å². The van der Waals surface area contributed by atoms with Gasteiger partial charge in [-0.3, -0.25) is 4.79 Å². The quantitative estimate of drug-likeness (QED) is 0.562. The van der Waals surface area contributed by atoms with Crippen LogP contribution in [-0.4, -0.2) is 21.1 Å². The molecule has 11 heavy (non-hydrogen) atoms. The van der Waals surface area contributed by atoms with Crippen LogP contribution in [0, 0.1) is 0 Å². The van der Waals surface area contributed by atoms with Crippen molar-refractivity contribution >= 4 is 6.29 Å². The van der Waals surface area contributed by atoms with Crippen LogP contribution in [0.5, 0.6) is 0 Å². The Hall–Kier alpha value is -1.19. The maximum absolute atomic E-state index is 10.4. The highest BCUT2D eigenvalue weighted by Gasteiger charge is 2.17. The van der Waals surface area contributed by atoms with E-state index in [1.807, 2.05) is 20.8 Å². The average Bonchev–Trinajstić information content (AvgIpc) is 2.31.